The molecule has 72 heavy (non-hydrogen) atoms. The van der Waals surface area contributed by atoms with Crippen molar-refractivity contribution in [2.75, 3.05) is 13.2 Å². The third-order valence-electron chi connectivity index (χ3n) is 12.2. The van der Waals surface area contributed by atoms with Gasteiger partial charge in [-0.15, -0.1) is 0 Å². The number of esters is 3. The Labute approximate surface area is 443 Å². The number of allylic oxidation sites excluding steroid dienone is 20. The Morgan fingerprint density at radius 3 is 0.875 bits per heavy atom. The molecule has 0 aromatic carbocycles. The van der Waals surface area contributed by atoms with Crippen molar-refractivity contribution in [1.29, 1.82) is 0 Å². The Kier molecular flexibility index (Phi) is 55.9. The summed E-state index contributed by atoms with van der Waals surface area (Å²) < 4.78 is 16.8. The number of carbonyl (C=O) groups excluding carboxylic acids is 3. The molecule has 0 aromatic heterocycles. The molecule has 0 saturated carbocycles. The zero-order chi connectivity index (χ0) is 52.2. The lowest BCUT2D eigenvalue weighted by Gasteiger charge is -2.18. The summed E-state index contributed by atoms with van der Waals surface area (Å²) in [4.78, 5) is 38.2. The summed E-state index contributed by atoms with van der Waals surface area (Å²) in [5, 5.41) is 0. The molecular formula is C66H108O6. The number of hydrogen-bond donors (Lipinski definition) is 0. The minimum absolute atomic E-state index is 0.0989. The van der Waals surface area contributed by atoms with Gasteiger partial charge in [0.1, 0.15) is 13.2 Å². The van der Waals surface area contributed by atoms with E-state index in [0.29, 0.717) is 19.3 Å². The first-order valence-electron chi connectivity index (χ1n) is 29.5. The largest absolute Gasteiger partial charge is 0.462 e. The monoisotopic (exact) mass is 997 g/mol. The normalized spacial score (nSPS) is 13.0. The lowest BCUT2D eigenvalue weighted by Crippen LogP contribution is -2.30. The molecule has 408 valence electrons. The van der Waals surface area contributed by atoms with E-state index in [1.807, 2.05) is 0 Å². The molecular weight excluding hydrogens is 889 g/mol. The van der Waals surface area contributed by atoms with E-state index in [1.54, 1.807) is 0 Å². The number of rotatable bonds is 52. The van der Waals surface area contributed by atoms with Gasteiger partial charge in [0.15, 0.2) is 6.10 Å². The average Bonchev–Trinajstić information content (AvgIpc) is 3.38. The van der Waals surface area contributed by atoms with Gasteiger partial charge in [-0.25, -0.2) is 0 Å². The van der Waals surface area contributed by atoms with E-state index >= 15 is 0 Å². The fourth-order valence-electron chi connectivity index (χ4n) is 7.74. The molecule has 0 heterocycles. The van der Waals surface area contributed by atoms with Crippen LogP contribution in [0, 0.1) is 0 Å². The summed E-state index contributed by atoms with van der Waals surface area (Å²) in [7, 11) is 0. The first-order chi connectivity index (χ1) is 35.5. The molecule has 0 spiro atoms. The smallest absolute Gasteiger partial charge is 0.306 e. The van der Waals surface area contributed by atoms with Crippen LogP contribution in [0.1, 0.15) is 258 Å². The minimum atomic E-state index is -0.803. The molecule has 0 aliphatic rings. The van der Waals surface area contributed by atoms with Crippen LogP contribution in [0.25, 0.3) is 0 Å². The van der Waals surface area contributed by atoms with Crippen LogP contribution in [0.4, 0.5) is 0 Å². The highest BCUT2D eigenvalue weighted by Gasteiger charge is 2.19. The van der Waals surface area contributed by atoms with Crippen molar-refractivity contribution in [1.82, 2.24) is 0 Å². The fraction of sp³-hybridized carbons (Fsp3) is 0.652. The highest BCUT2D eigenvalue weighted by atomic mass is 16.6. The predicted molar refractivity (Wildman–Crippen MR) is 311 cm³/mol. The molecule has 0 aliphatic carbocycles. The Bertz CT molecular complexity index is 1520. The van der Waals surface area contributed by atoms with Gasteiger partial charge in [-0.1, -0.05) is 226 Å². The summed E-state index contributed by atoms with van der Waals surface area (Å²) in [5.74, 6) is -0.951. The quantitative estimate of drug-likeness (QED) is 0.0261. The first-order valence-corrected chi connectivity index (χ1v) is 29.5. The molecule has 0 saturated heterocycles. The van der Waals surface area contributed by atoms with Crippen LogP contribution in [-0.4, -0.2) is 37.2 Å². The van der Waals surface area contributed by atoms with E-state index in [2.05, 4.69) is 142 Å². The van der Waals surface area contributed by atoms with E-state index in [0.717, 1.165) is 135 Å². The molecule has 1 unspecified atom stereocenters. The minimum Gasteiger partial charge on any atom is -0.462 e. The summed E-state index contributed by atoms with van der Waals surface area (Å²) in [6.45, 7) is 6.43. The molecule has 0 rings (SSSR count). The molecule has 0 aromatic rings. The van der Waals surface area contributed by atoms with Crippen molar-refractivity contribution in [2.24, 2.45) is 0 Å². The van der Waals surface area contributed by atoms with Crippen LogP contribution >= 0.6 is 0 Å². The lowest BCUT2D eigenvalue weighted by molar-refractivity contribution is -0.167. The topological polar surface area (TPSA) is 78.9 Å². The van der Waals surface area contributed by atoms with Crippen LogP contribution in [0.15, 0.2) is 122 Å². The maximum Gasteiger partial charge on any atom is 0.306 e. The maximum atomic E-state index is 12.9. The predicted octanol–water partition coefficient (Wildman–Crippen LogP) is 20.0. The van der Waals surface area contributed by atoms with Gasteiger partial charge in [-0.3, -0.25) is 14.4 Å². The summed E-state index contributed by atoms with van der Waals surface area (Å²) in [6.07, 6.45) is 81.9. The molecule has 0 radical (unpaired) electrons. The zero-order valence-electron chi connectivity index (χ0n) is 46.7. The van der Waals surface area contributed by atoms with E-state index in [-0.39, 0.29) is 31.1 Å². The van der Waals surface area contributed by atoms with Gasteiger partial charge >= 0.3 is 17.9 Å². The zero-order valence-corrected chi connectivity index (χ0v) is 46.7. The third kappa shape index (κ3) is 56.7. The molecule has 0 amide bonds. The van der Waals surface area contributed by atoms with Gasteiger partial charge in [0, 0.05) is 19.3 Å². The van der Waals surface area contributed by atoms with Crippen molar-refractivity contribution in [2.45, 2.75) is 264 Å². The molecule has 6 heteroatoms. The van der Waals surface area contributed by atoms with Crippen molar-refractivity contribution in [3.8, 4) is 0 Å². The Balaban J connectivity index is 4.44. The van der Waals surface area contributed by atoms with E-state index in [4.69, 9.17) is 14.2 Å². The van der Waals surface area contributed by atoms with Gasteiger partial charge in [-0.2, -0.15) is 0 Å². The first kappa shape index (κ1) is 67.8. The molecule has 6 nitrogen and oxygen atoms in total. The Morgan fingerprint density at radius 1 is 0.292 bits per heavy atom. The molecule has 0 fully saturated rings. The second kappa shape index (κ2) is 59.4. The number of carbonyl (C=O) groups is 3. The summed E-state index contributed by atoms with van der Waals surface area (Å²) >= 11 is 0. The van der Waals surface area contributed by atoms with Crippen LogP contribution in [0.3, 0.4) is 0 Å². The van der Waals surface area contributed by atoms with E-state index < -0.39 is 6.10 Å². The standard InChI is InChI=1S/C66H108O6/c1-4-7-10-13-16-19-22-25-27-29-30-31-32-33-34-35-36-38-39-41-44-47-50-53-56-59-65(68)71-62-63(61-70-64(67)58-55-52-49-46-43-24-21-18-15-12-9-6-3)72-66(69)60-57-54-51-48-45-42-40-37-28-26-23-20-17-14-11-8-5-2/h7,10,16-21,25-28,30-31,33-34,36,38,41,44,63H,4-6,8-9,11-15,22-24,29,32,35,37,39-40,42-43,45-62H2,1-3H3/b10-7-,19-16-,20-17-,21-18-,27-25-,28-26-,31-30-,34-33-,38-36-,44-41-. The van der Waals surface area contributed by atoms with Gasteiger partial charge in [0.2, 0.25) is 0 Å². The lowest BCUT2D eigenvalue weighted by atomic mass is 10.1. The van der Waals surface area contributed by atoms with E-state index in [9.17, 15) is 14.4 Å². The summed E-state index contributed by atoms with van der Waals surface area (Å²) in [5.41, 5.74) is 0. The van der Waals surface area contributed by atoms with Crippen molar-refractivity contribution in [3.05, 3.63) is 122 Å². The SMILES string of the molecule is CC/C=C\C/C=C\C/C=C\C/C=C\C/C=C\C/C=C\C/C=C\CCCCCC(=O)OCC(COC(=O)CCCCCCC/C=C\CCCCC)OC(=O)CCCCCCCCC/C=C\C/C=C\CCCCC. The molecule has 0 N–H and O–H groups in total. The van der Waals surface area contributed by atoms with E-state index in [1.165, 1.54) is 83.5 Å². The van der Waals surface area contributed by atoms with Crippen LogP contribution in [0.2, 0.25) is 0 Å². The molecule has 0 aliphatic heterocycles. The van der Waals surface area contributed by atoms with Gasteiger partial charge in [0.25, 0.3) is 0 Å². The Hall–Kier alpha value is -4.19. The molecule has 1 atom stereocenters. The van der Waals surface area contributed by atoms with Crippen LogP contribution in [0.5, 0.6) is 0 Å². The van der Waals surface area contributed by atoms with Gasteiger partial charge in [-0.05, 0) is 135 Å². The second-order valence-corrected chi connectivity index (χ2v) is 19.2. The average molecular weight is 998 g/mol. The maximum absolute atomic E-state index is 12.9. The van der Waals surface area contributed by atoms with Crippen molar-refractivity contribution >= 4 is 17.9 Å². The van der Waals surface area contributed by atoms with Gasteiger partial charge in [0.05, 0.1) is 0 Å². The highest BCUT2D eigenvalue weighted by Crippen LogP contribution is 2.14. The number of hydrogen-bond acceptors (Lipinski definition) is 6. The number of ether oxygens (including phenoxy) is 3. The highest BCUT2D eigenvalue weighted by molar-refractivity contribution is 5.71. The van der Waals surface area contributed by atoms with Crippen molar-refractivity contribution in [3.63, 3.8) is 0 Å². The number of unbranched alkanes of at least 4 members (excludes halogenated alkanes) is 21. The summed E-state index contributed by atoms with van der Waals surface area (Å²) in [6, 6.07) is 0. The third-order valence-corrected chi connectivity index (χ3v) is 12.2. The van der Waals surface area contributed by atoms with Gasteiger partial charge < -0.3 is 14.2 Å². The van der Waals surface area contributed by atoms with Crippen molar-refractivity contribution < 1.29 is 28.6 Å². The van der Waals surface area contributed by atoms with Crippen LogP contribution in [-0.2, 0) is 28.6 Å². The second-order valence-electron chi connectivity index (χ2n) is 19.2. The molecule has 0 bridgehead atoms. The fourth-order valence-corrected chi connectivity index (χ4v) is 7.74. The Morgan fingerprint density at radius 2 is 0.542 bits per heavy atom. The van der Waals surface area contributed by atoms with Crippen LogP contribution < -0.4 is 0 Å².